The summed E-state index contributed by atoms with van der Waals surface area (Å²) in [5.74, 6) is 1.54. The van der Waals surface area contributed by atoms with Gasteiger partial charge in [0.25, 0.3) is 0 Å². The van der Waals surface area contributed by atoms with Crippen molar-refractivity contribution < 1.29 is 19.1 Å². The highest BCUT2D eigenvalue weighted by atomic mass is 35.5. The minimum absolute atomic E-state index is 0.0378. The average Bonchev–Trinajstić information content (AvgIpc) is 2.93. The van der Waals surface area contributed by atoms with Crippen LogP contribution in [0.4, 0.5) is 22.2 Å². The van der Waals surface area contributed by atoms with E-state index in [1.807, 2.05) is 25.1 Å². The van der Waals surface area contributed by atoms with Crippen LogP contribution in [0.2, 0.25) is 10.0 Å². The van der Waals surface area contributed by atoms with Crippen molar-refractivity contribution >= 4 is 52.6 Å². The number of carbonyl (C=O) groups is 2. The van der Waals surface area contributed by atoms with Gasteiger partial charge in [-0.15, -0.1) is 0 Å². The largest absolute Gasteiger partial charge is 0.495 e. The minimum Gasteiger partial charge on any atom is -0.495 e. The van der Waals surface area contributed by atoms with Crippen molar-refractivity contribution in [3.05, 3.63) is 40.0 Å². The average molecular weight is 579 g/mol. The number of ether oxygens (including phenoxy) is 2. The Hall–Kier alpha value is -3.28. The molecule has 39 heavy (non-hydrogen) atoms. The first-order valence-corrected chi connectivity index (χ1v) is 13.3. The number of hydrogen-bond acceptors (Lipinski definition) is 8. The highest BCUT2D eigenvalue weighted by molar-refractivity contribution is 6.42. The number of nitrogens with zero attached hydrogens (tertiary/aromatic N) is 6. The smallest absolute Gasteiger partial charge is 0.330 e. The van der Waals surface area contributed by atoms with Gasteiger partial charge in [0.05, 0.1) is 26.5 Å². The molecule has 1 saturated heterocycles. The van der Waals surface area contributed by atoms with Gasteiger partial charge >= 0.3 is 6.03 Å². The predicted octanol–water partition coefficient (Wildman–Crippen LogP) is 3.90. The fraction of sp³-hybridized carbons (Fsp3) is 0.462. The SMILES string of the molecule is CNc1ncc2c(n1)N(C1CCN(C(=O)C=CCN(C)C)CC1)C(=O)N(c1c(Cl)c(OC)cc(OC)c1Cl)C2. The van der Waals surface area contributed by atoms with E-state index < -0.39 is 0 Å². The summed E-state index contributed by atoms with van der Waals surface area (Å²) >= 11 is 13.4. The van der Waals surface area contributed by atoms with E-state index in [1.54, 1.807) is 35.2 Å². The quantitative estimate of drug-likeness (QED) is 0.471. The highest BCUT2D eigenvalue weighted by Gasteiger charge is 2.41. The number of halogens is 2. The Morgan fingerprint density at radius 1 is 1.18 bits per heavy atom. The summed E-state index contributed by atoms with van der Waals surface area (Å²) < 4.78 is 10.9. The number of rotatable bonds is 8. The van der Waals surface area contributed by atoms with Crippen molar-refractivity contribution in [2.75, 3.05) is 70.1 Å². The lowest BCUT2D eigenvalue weighted by molar-refractivity contribution is -0.127. The van der Waals surface area contributed by atoms with E-state index in [1.165, 1.54) is 19.1 Å². The second-order valence-corrected chi connectivity index (χ2v) is 10.3. The molecule has 2 aromatic rings. The number of anilines is 3. The van der Waals surface area contributed by atoms with Crippen LogP contribution in [0.5, 0.6) is 11.5 Å². The fourth-order valence-corrected chi connectivity index (χ4v) is 5.43. The summed E-state index contributed by atoms with van der Waals surface area (Å²) in [6, 6.07) is 1.03. The van der Waals surface area contributed by atoms with Gasteiger partial charge in [0.2, 0.25) is 11.9 Å². The Balaban J connectivity index is 1.67. The Morgan fingerprint density at radius 2 is 1.82 bits per heavy atom. The standard InChI is InChI=1S/C26H33Cl2N7O4/c1-29-25-30-14-16-15-34(23-21(27)18(38-4)13-19(39-5)22(23)28)26(37)35(24(16)31-25)17-8-11-33(12-9-17)20(36)7-6-10-32(2)3/h6-7,13-14,17H,8-12,15H2,1-5H3,(H,29,30,31). The molecule has 1 aromatic heterocycles. The predicted molar refractivity (Wildman–Crippen MR) is 152 cm³/mol. The molecule has 0 atom stereocenters. The van der Waals surface area contributed by atoms with Gasteiger partial charge in [0.1, 0.15) is 27.4 Å². The first-order chi connectivity index (χ1) is 18.7. The van der Waals surface area contributed by atoms with E-state index in [9.17, 15) is 9.59 Å². The lowest BCUT2D eigenvalue weighted by Crippen LogP contribution is -2.55. The second kappa shape index (κ2) is 12.3. The maximum absolute atomic E-state index is 14.2. The molecule has 1 aromatic carbocycles. The van der Waals surface area contributed by atoms with Crippen molar-refractivity contribution in [2.24, 2.45) is 0 Å². The van der Waals surface area contributed by atoms with Crippen LogP contribution in [0.3, 0.4) is 0 Å². The summed E-state index contributed by atoms with van der Waals surface area (Å²) in [6.07, 6.45) is 6.30. The number of carbonyl (C=O) groups excluding carboxylic acids is 2. The van der Waals surface area contributed by atoms with Crippen molar-refractivity contribution in [3.8, 4) is 11.5 Å². The van der Waals surface area contributed by atoms with E-state index in [-0.39, 0.29) is 40.3 Å². The van der Waals surface area contributed by atoms with E-state index in [0.717, 1.165) is 5.56 Å². The molecule has 1 fully saturated rings. The molecule has 0 saturated carbocycles. The van der Waals surface area contributed by atoms with E-state index in [4.69, 9.17) is 32.7 Å². The Bertz CT molecular complexity index is 1240. The molecule has 0 aliphatic carbocycles. The number of urea groups is 1. The van der Waals surface area contributed by atoms with Crippen LogP contribution in [0.15, 0.2) is 24.4 Å². The van der Waals surface area contributed by atoms with Crippen LogP contribution in [-0.4, -0.2) is 92.7 Å². The Morgan fingerprint density at radius 3 is 2.38 bits per heavy atom. The third-order valence-corrected chi connectivity index (χ3v) is 7.48. The molecule has 3 amide bonds. The van der Waals surface area contributed by atoms with Crippen molar-refractivity contribution in [1.82, 2.24) is 19.8 Å². The van der Waals surface area contributed by atoms with Crippen LogP contribution in [-0.2, 0) is 11.3 Å². The van der Waals surface area contributed by atoms with Crippen LogP contribution < -0.4 is 24.6 Å². The molecule has 0 bridgehead atoms. The Labute approximate surface area is 238 Å². The maximum Gasteiger partial charge on any atom is 0.330 e. The van der Waals surface area contributed by atoms with Gasteiger partial charge in [-0.05, 0) is 26.9 Å². The molecular weight excluding hydrogens is 545 g/mol. The molecule has 210 valence electrons. The lowest BCUT2D eigenvalue weighted by atomic mass is 10.0. The number of likely N-dealkylation sites (N-methyl/N-ethyl adjacent to an activating group) is 1. The molecule has 0 radical (unpaired) electrons. The van der Waals surface area contributed by atoms with Gasteiger partial charge in [-0.1, -0.05) is 29.3 Å². The van der Waals surface area contributed by atoms with Gasteiger partial charge in [-0.2, -0.15) is 4.98 Å². The number of likely N-dealkylation sites (tertiary alicyclic amines) is 1. The van der Waals surface area contributed by atoms with Gasteiger partial charge < -0.3 is 24.6 Å². The summed E-state index contributed by atoms with van der Waals surface area (Å²) in [4.78, 5) is 42.8. The van der Waals surface area contributed by atoms with Crippen molar-refractivity contribution in [2.45, 2.75) is 25.4 Å². The van der Waals surface area contributed by atoms with E-state index in [0.29, 0.717) is 55.7 Å². The fourth-order valence-electron chi connectivity index (χ4n) is 4.72. The third kappa shape index (κ3) is 5.85. The second-order valence-electron chi connectivity index (χ2n) is 9.51. The molecule has 2 aliphatic rings. The van der Waals surface area contributed by atoms with Crippen LogP contribution >= 0.6 is 23.2 Å². The summed E-state index contributed by atoms with van der Waals surface area (Å²) in [6.45, 7) is 1.85. The topological polar surface area (TPSA) is 103 Å². The van der Waals surface area contributed by atoms with Gasteiger partial charge in [-0.25, -0.2) is 9.78 Å². The molecule has 0 spiro atoms. The van der Waals surface area contributed by atoms with Crippen molar-refractivity contribution in [1.29, 1.82) is 0 Å². The van der Waals surface area contributed by atoms with Crippen molar-refractivity contribution in [3.63, 3.8) is 0 Å². The van der Waals surface area contributed by atoms with E-state index in [2.05, 4.69) is 15.3 Å². The number of nitrogens with one attached hydrogen (secondary N) is 1. The van der Waals surface area contributed by atoms with Gasteiger partial charge in [0.15, 0.2) is 0 Å². The zero-order valence-corrected chi connectivity index (χ0v) is 24.2. The molecule has 13 heteroatoms. The van der Waals surface area contributed by atoms with E-state index >= 15 is 0 Å². The van der Waals surface area contributed by atoms with Crippen LogP contribution in [0.25, 0.3) is 0 Å². The number of fused-ring (bicyclic) bond motifs is 1. The molecule has 4 rings (SSSR count). The molecular formula is C26H33Cl2N7O4. The highest BCUT2D eigenvalue weighted by Crippen LogP contribution is 2.48. The number of methoxy groups -OCH3 is 2. The monoisotopic (exact) mass is 577 g/mol. The maximum atomic E-state index is 14.2. The zero-order valence-electron chi connectivity index (χ0n) is 22.7. The first-order valence-electron chi connectivity index (χ1n) is 12.5. The van der Waals surface area contributed by atoms with Gasteiger partial charge in [-0.3, -0.25) is 14.6 Å². The Kier molecular flexibility index (Phi) is 9.04. The molecule has 2 aliphatic heterocycles. The van der Waals surface area contributed by atoms with Gasteiger partial charge in [0, 0.05) is 56.6 Å². The molecule has 3 heterocycles. The number of piperidine rings is 1. The normalized spacial score (nSPS) is 16.2. The number of hydrogen-bond donors (Lipinski definition) is 1. The summed E-state index contributed by atoms with van der Waals surface area (Å²) in [5, 5.41) is 3.33. The number of benzene rings is 1. The first kappa shape index (κ1) is 28.7. The molecule has 11 nitrogen and oxygen atoms in total. The zero-order chi connectivity index (χ0) is 28.3. The lowest BCUT2D eigenvalue weighted by Gasteiger charge is -2.43. The van der Waals surface area contributed by atoms with Crippen LogP contribution in [0, 0.1) is 0 Å². The third-order valence-electron chi connectivity index (χ3n) is 6.75. The summed E-state index contributed by atoms with van der Waals surface area (Å²) in [7, 11) is 8.58. The number of amides is 3. The number of aromatic nitrogens is 2. The minimum atomic E-state index is -0.335. The molecule has 0 unspecified atom stereocenters. The summed E-state index contributed by atoms with van der Waals surface area (Å²) in [5.41, 5.74) is 1.01. The molecule has 1 N–H and O–H groups in total. The van der Waals surface area contributed by atoms with Crippen LogP contribution in [0.1, 0.15) is 18.4 Å².